The Morgan fingerprint density at radius 1 is 1.22 bits per heavy atom. The molecule has 1 fully saturated rings. The molecular formula is C16H17ClF3N3O4. The molecule has 0 aliphatic carbocycles. The van der Waals surface area contributed by atoms with E-state index in [-0.39, 0.29) is 25.5 Å². The maximum absolute atomic E-state index is 13.0. The molecule has 1 aromatic rings. The van der Waals surface area contributed by atoms with Crippen molar-refractivity contribution in [3.05, 3.63) is 24.3 Å². The summed E-state index contributed by atoms with van der Waals surface area (Å²) in [7, 11) is 0. The van der Waals surface area contributed by atoms with E-state index in [4.69, 9.17) is 5.11 Å². The highest BCUT2D eigenvalue weighted by Crippen LogP contribution is 2.38. The number of fused-ring (bicyclic) bond motifs is 1. The van der Waals surface area contributed by atoms with Crippen molar-refractivity contribution >= 4 is 41.6 Å². The molecule has 2 aliphatic rings. The third-order valence-corrected chi connectivity index (χ3v) is 4.56. The normalized spacial score (nSPS) is 22.6. The summed E-state index contributed by atoms with van der Waals surface area (Å²) in [4.78, 5) is 37.8. The summed E-state index contributed by atoms with van der Waals surface area (Å²) in [6.45, 7) is -1.56. The maximum atomic E-state index is 13.0. The molecule has 148 valence electrons. The van der Waals surface area contributed by atoms with Crippen LogP contribution in [0.4, 0.5) is 24.5 Å². The van der Waals surface area contributed by atoms with Gasteiger partial charge in [-0.15, -0.1) is 12.4 Å². The molecule has 2 amide bonds. The van der Waals surface area contributed by atoms with Crippen LogP contribution in [-0.4, -0.2) is 60.1 Å². The second-order valence-corrected chi connectivity index (χ2v) is 6.33. The predicted molar refractivity (Wildman–Crippen MR) is 91.8 cm³/mol. The lowest BCUT2D eigenvalue weighted by Crippen LogP contribution is -2.46. The van der Waals surface area contributed by atoms with Gasteiger partial charge in [0.25, 0.3) is 0 Å². The van der Waals surface area contributed by atoms with Crippen LogP contribution in [-0.2, 0) is 14.4 Å². The number of nitrogens with one attached hydrogen (secondary N) is 1. The third-order valence-electron chi connectivity index (χ3n) is 4.56. The van der Waals surface area contributed by atoms with Gasteiger partial charge in [-0.1, -0.05) is 12.1 Å². The van der Waals surface area contributed by atoms with Gasteiger partial charge in [0.1, 0.15) is 6.54 Å². The molecular weight excluding hydrogens is 391 g/mol. The summed E-state index contributed by atoms with van der Waals surface area (Å²) in [5.41, 5.74) is 0.897. The topological polar surface area (TPSA) is 90.0 Å². The molecule has 0 spiro atoms. The van der Waals surface area contributed by atoms with E-state index < -0.39 is 48.9 Å². The zero-order valence-corrected chi connectivity index (χ0v) is 14.7. The van der Waals surface area contributed by atoms with Crippen LogP contribution in [0.15, 0.2) is 24.3 Å². The van der Waals surface area contributed by atoms with Gasteiger partial charge in [-0.2, -0.15) is 13.2 Å². The number of aliphatic carboxylic acids is 1. The van der Waals surface area contributed by atoms with Crippen molar-refractivity contribution in [1.82, 2.24) is 4.90 Å². The summed E-state index contributed by atoms with van der Waals surface area (Å²) in [5.74, 6) is -6.14. The van der Waals surface area contributed by atoms with Crippen molar-refractivity contribution in [2.45, 2.75) is 6.18 Å². The minimum Gasteiger partial charge on any atom is -0.481 e. The molecule has 7 nitrogen and oxygen atoms in total. The minimum absolute atomic E-state index is 0. The summed E-state index contributed by atoms with van der Waals surface area (Å²) in [5, 5.41) is 11.7. The Kier molecular flexibility index (Phi) is 6.01. The molecule has 0 aromatic heterocycles. The maximum Gasteiger partial charge on any atom is 0.393 e. The van der Waals surface area contributed by atoms with E-state index in [9.17, 15) is 27.6 Å². The number of rotatable bonds is 3. The van der Waals surface area contributed by atoms with Gasteiger partial charge < -0.3 is 10.4 Å². The third kappa shape index (κ3) is 4.33. The van der Waals surface area contributed by atoms with E-state index in [1.54, 1.807) is 24.3 Å². The van der Waals surface area contributed by atoms with E-state index in [0.717, 1.165) is 0 Å². The molecule has 11 heteroatoms. The van der Waals surface area contributed by atoms with Crippen molar-refractivity contribution in [2.75, 3.05) is 36.4 Å². The highest BCUT2D eigenvalue weighted by Gasteiger charge is 2.52. The highest BCUT2D eigenvalue weighted by atomic mass is 35.5. The van der Waals surface area contributed by atoms with Gasteiger partial charge in [-0.05, 0) is 12.1 Å². The fraction of sp³-hybridized carbons (Fsp3) is 0.438. The van der Waals surface area contributed by atoms with Gasteiger partial charge >= 0.3 is 12.1 Å². The molecule has 2 heterocycles. The number of benzene rings is 1. The number of anilines is 2. The van der Waals surface area contributed by atoms with Crippen LogP contribution in [0.1, 0.15) is 0 Å². The summed E-state index contributed by atoms with van der Waals surface area (Å²) in [6.07, 6.45) is -4.65. The number of amides is 2. The molecule has 2 atom stereocenters. The number of para-hydroxylation sites is 2. The predicted octanol–water partition coefficient (Wildman–Crippen LogP) is 1.59. The lowest BCUT2D eigenvalue weighted by Gasteiger charge is -2.30. The SMILES string of the molecule is Cl.O=C1CN(C(=O)CN2C[C@@H](C(F)(F)F)[C@H](C(=O)O)C2)c2ccccc2N1. The first-order valence-corrected chi connectivity index (χ1v) is 7.88. The zero-order valence-electron chi connectivity index (χ0n) is 13.9. The standard InChI is InChI=1S/C16H16F3N3O4.ClH/c17-16(18,19)10-6-21(5-9(10)15(25)26)8-14(24)22-7-13(23)20-11-3-1-2-4-12(11)22;/h1-4,9-10H,5-8H2,(H,20,23)(H,25,26);1H/t9-,10-;/m1./s1. The van der Waals surface area contributed by atoms with E-state index in [2.05, 4.69) is 5.32 Å². The number of halogens is 4. The quantitative estimate of drug-likeness (QED) is 0.794. The molecule has 27 heavy (non-hydrogen) atoms. The van der Waals surface area contributed by atoms with E-state index >= 15 is 0 Å². The first-order chi connectivity index (χ1) is 12.2. The number of alkyl halides is 3. The second-order valence-electron chi connectivity index (χ2n) is 6.33. The molecule has 1 aromatic carbocycles. The van der Waals surface area contributed by atoms with Crippen molar-refractivity contribution < 1.29 is 32.7 Å². The number of nitrogens with zero attached hydrogens (tertiary/aromatic N) is 2. The number of hydrogen-bond donors (Lipinski definition) is 2. The molecule has 0 unspecified atom stereocenters. The van der Waals surface area contributed by atoms with Crippen LogP contribution in [0.25, 0.3) is 0 Å². The fourth-order valence-corrected chi connectivity index (χ4v) is 3.33. The number of carbonyl (C=O) groups is 3. The number of likely N-dealkylation sites (tertiary alicyclic amines) is 1. The number of carbonyl (C=O) groups excluding carboxylic acids is 2. The number of carboxylic acid groups (broad SMARTS) is 1. The fourth-order valence-electron chi connectivity index (χ4n) is 3.33. The monoisotopic (exact) mass is 407 g/mol. The minimum atomic E-state index is -4.65. The Hall–Kier alpha value is -2.33. The van der Waals surface area contributed by atoms with Crippen molar-refractivity contribution in [3.8, 4) is 0 Å². The van der Waals surface area contributed by atoms with Gasteiger partial charge in [-0.3, -0.25) is 24.2 Å². The zero-order chi connectivity index (χ0) is 19.1. The van der Waals surface area contributed by atoms with Gasteiger partial charge in [-0.25, -0.2) is 0 Å². The van der Waals surface area contributed by atoms with Gasteiger partial charge in [0.05, 0.1) is 29.8 Å². The van der Waals surface area contributed by atoms with Crippen molar-refractivity contribution in [2.24, 2.45) is 11.8 Å². The smallest absolute Gasteiger partial charge is 0.393 e. The van der Waals surface area contributed by atoms with E-state index in [1.165, 1.54) is 9.80 Å². The molecule has 3 rings (SSSR count). The summed E-state index contributed by atoms with van der Waals surface area (Å²) in [6, 6.07) is 6.59. The summed E-state index contributed by atoms with van der Waals surface area (Å²) >= 11 is 0. The average Bonchev–Trinajstić information content (AvgIpc) is 2.98. The van der Waals surface area contributed by atoms with Crippen LogP contribution in [0.3, 0.4) is 0 Å². The van der Waals surface area contributed by atoms with Crippen LogP contribution < -0.4 is 10.2 Å². The Morgan fingerprint density at radius 2 is 1.89 bits per heavy atom. The van der Waals surface area contributed by atoms with Gasteiger partial charge in [0.2, 0.25) is 11.8 Å². The molecule has 0 radical (unpaired) electrons. The molecule has 1 saturated heterocycles. The van der Waals surface area contributed by atoms with Crippen LogP contribution in [0.2, 0.25) is 0 Å². The van der Waals surface area contributed by atoms with Crippen LogP contribution >= 0.6 is 12.4 Å². The van der Waals surface area contributed by atoms with Crippen molar-refractivity contribution in [3.63, 3.8) is 0 Å². The Balaban J connectivity index is 0.00000261. The largest absolute Gasteiger partial charge is 0.481 e. The van der Waals surface area contributed by atoms with Gasteiger partial charge in [0, 0.05) is 13.1 Å². The van der Waals surface area contributed by atoms with E-state index in [1.807, 2.05) is 0 Å². The van der Waals surface area contributed by atoms with Crippen LogP contribution in [0, 0.1) is 11.8 Å². The van der Waals surface area contributed by atoms with Gasteiger partial charge in [0.15, 0.2) is 0 Å². The first-order valence-electron chi connectivity index (χ1n) is 7.88. The average molecular weight is 408 g/mol. The highest BCUT2D eigenvalue weighted by molar-refractivity contribution is 6.10. The molecule has 2 N–H and O–H groups in total. The second kappa shape index (κ2) is 7.73. The first kappa shape index (κ1) is 21.0. The Bertz CT molecular complexity index is 759. The lowest BCUT2D eigenvalue weighted by molar-refractivity contribution is -0.188. The molecule has 0 bridgehead atoms. The number of carboxylic acids is 1. The molecule has 0 saturated carbocycles. The number of hydrogen-bond acceptors (Lipinski definition) is 4. The van der Waals surface area contributed by atoms with E-state index in [0.29, 0.717) is 11.4 Å². The van der Waals surface area contributed by atoms with Crippen LogP contribution in [0.5, 0.6) is 0 Å². The summed E-state index contributed by atoms with van der Waals surface area (Å²) < 4.78 is 39.1. The Morgan fingerprint density at radius 3 is 2.48 bits per heavy atom. The van der Waals surface area contributed by atoms with Crippen molar-refractivity contribution in [1.29, 1.82) is 0 Å². The molecule has 2 aliphatic heterocycles. The lowest BCUT2D eigenvalue weighted by atomic mass is 9.96. The Labute approximate surface area is 158 Å².